The van der Waals surface area contributed by atoms with Crippen molar-refractivity contribution >= 4 is 28.7 Å². The van der Waals surface area contributed by atoms with Gasteiger partial charge in [-0.2, -0.15) is 0 Å². The average molecular weight is 291 g/mol. The van der Waals surface area contributed by atoms with Gasteiger partial charge in [-0.05, 0) is 18.2 Å². The Morgan fingerprint density at radius 2 is 1.86 bits per heavy atom. The third kappa shape index (κ3) is 3.30. The molecule has 1 aromatic carbocycles. The van der Waals surface area contributed by atoms with Crippen LogP contribution in [0.4, 0.5) is 5.69 Å². The first kappa shape index (κ1) is 14.4. The molecule has 1 heterocycles. The van der Waals surface area contributed by atoms with E-state index in [-0.39, 0.29) is 11.4 Å². The number of H-pyrrole nitrogens is 2. The molecule has 0 spiro atoms. The van der Waals surface area contributed by atoms with E-state index in [1.807, 2.05) is 0 Å². The number of esters is 2. The first-order chi connectivity index (χ1) is 10.0. The number of rotatable bonds is 4. The lowest BCUT2D eigenvalue weighted by Crippen LogP contribution is -2.15. The van der Waals surface area contributed by atoms with Gasteiger partial charge in [0.15, 0.2) is 0 Å². The molecule has 0 aliphatic carbocycles. The van der Waals surface area contributed by atoms with Gasteiger partial charge in [-0.1, -0.05) is 0 Å². The summed E-state index contributed by atoms with van der Waals surface area (Å²) >= 11 is 0. The minimum absolute atomic E-state index is 0.0819. The highest BCUT2D eigenvalue weighted by atomic mass is 16.5. The lowest BCUT2D eigenvalue weighted by atomic mass is 10.2. The summed E-state index contributed by atoms with van der Waals surface area (Å²) in [4.78, 5) is 39.2. The van der Waals surface area contributed by atoms with E-state index < -0.39 is 11.9 Å². The second kappa shape index (κ2) is 5.95. The molecular formula is C13H13N3O5. The molecule has 0 radical (unpaired) electrons. The average Bonchev–Trinajstić information content (AvgIpc) is 2.84. The van der Waals surface area contributed by atoms with E-state index in [1.165, 1.54) is 14.2 Å². The molecule has 1 aromatic heterocycles. The van der Waals surface area contributed by atoms with Crippen LogP contribution in [-0.4, -0.2) is 36.1 Å². The molecular weight excluding hydrogens is 278 g/mol. The topological polar surface area (TPSA) is 113 Å². The summed E-state index contributed by atoms with van der Waals surface area (Å²) in [5.41, 5.74) is 1.27. The lowest BCUT2D eigenvalue weighted by Gasteiger charge is -2.08. The highest BCUT2D eigenvalue weighted by Gasteiger charge is 2.13. The molecule has 0 amide bonds. The molecule has 0 saturated carbocycles. The van der Waals surface area contributed by atoms with E-state index in [4.69, 9.17) is 0 Å². The number of hydrogen-bond donors (Lipinski definition) is 3. The number of anilines is 1. The SMILES string of the molecule is COC(=O)/C=C(/Nc1ccc2[nH]c(=O)[nH]c2c1)C(=O)OC. The van der Waals surface area contributed by atoms with Gasteiger partial charge < -0.3 is 24.8 Å². The Bertz CT molecular complexity index is 771. The molecule has 0 aliphatic heterocycles. The quantitative estimate of drug-likeness (QED) is 0.558. The van der Waals surface area contributed by atoms with Gasteiger partial charge in [0.25, 0.3) is 0 Å². The normalized spacial score (nSPS) is 11.2. The number of aromatic nitrogens is 2. The van der Waals surface area contributed by atoms with Crippen LogP contribution in [0.25, 0.3) is 11.0 Å². The monoisotopic (exact) mass is 291 g/mol. The van der Waals surface area contributed by atoms with Crippen LogP contribution in [0.5, 0.6) is 0 Å². The summed E-state index contributed by atoms with van der Waals surface area (Å²) in [7, 11) is 2.40. The Hall–Kier alpha value is -3.03. The zero-order valence-corrected chi connectivity index (χ0v) is 11.4. The van der Waals surface area contributed by atoms with Gasteiger partial charge in [-0.15, -0.1) is 0 Å². The molecule has 0 unspecified atom stereocenters. The number of carbonyl (C=O) groups is 2. The number of benzene rings is 1. The molecule has 8 heteroatoms. The van der Waals surface area contributed by atoms with Gasteiger partial charge in [0.05, 0.1) is 31.3 Å². The van der Waals surface area contributed by atoms with Crippen molar-refractivity contribution < 1.29 is 19.1 Å². The number of hydrogen-bond acceptors (Lipinski definition) is 6. The van der Waals surface area contributed by atoms with E-state index in [9.17, 15) is 14.4 Å². The summed E-state index contributed by atoms with van der Waals surface area (Å²) in [5, 5.41) is 2.75. The predicted octanol–water partition coefficient (Wildman–Crippen LogP) is 0.498. The molecule has 3 N–H and O–H groups in total. The lowest BCUT2D eigenvalue weighted by molar-refractivity contribution is -0.138. The van der Waals surface area contributed by atoms with Gasteiger partial charge >= 0.3 is 17.6 Å². The number of nitrogens with one attached hydrogen (secondary N) is 3. The molecule has 0 atom stereocenters. The van der Waals surface area contributed by atoms with Crippen molar-refractivity contribution in [3.63, 3.8) is 0 Å². The minimum atomic E-state index is -0.719. The van der Waals surface area contributed by atoms with Crippen LogP contribution in [0.3, 0.4) is 0 Å². The fourth-order valence-electron chi connectivity index (χ4n) is 1.70. The largest absolute Gasteiger partial charge is 0.466 e. The molecule has 0 fully saturated rings. The Kier molecular flexibility index (Phi) is 4.07. The Balaban J connectivity index is 2.33. The van der Waals surface area contributed by atoms with E-state index in [0.717, 1.165) is 6.08 Å². The number of ether oxygens (including phenoxy) is 2. The Morgan fingerprint density at radius 1 is 1.14 bits per heavy atom. The molecule has 2 aromatic rings. The standard InChI is InChI=1S/C13H13N3O5/c1-20-11(17)6-10(12(18)21-2)14-7-3-4-8-9(5-7)16-13(19)15-8/h3-6,14H,1-2H3,(H2,15,16,19)/b10-6+. The molecule has 110 valence electrons. The minimum Gasteiger partial charge on any atom is -0.466 e. The fraction of sp³-hybridized carbons (Fsp3) is 0.154. The van der Waals surface area contributed by atoms with Crippen LogP contribution in [-0.2, 0) is 19.1 Å². The van der Waals surface area contributed by atoms with Crippen molar-refractivity contribution in [2.45, 2.75) is 0 Å². The van der Waals surface area contributed by atoms with Gasteiger partial charge in [-0.25, -0.2) is 14.4 Å². The zero-order chi connectivity index (χ0) is 15.4. The third-order valence-corrected chi connectivity index (χ3v) is 2.66. The van der Waals surface area contributed by atoms with Crippen molar-refractivity contribution in [3.8, 4) is 0 Å². The second-order valence-corrected chi connectivity index (χ2v) is 4.04. The van der Waals surface area contributed by atoms with Crippen LogP contribution < -0.4 is 11.0 Å². The molecule has 21 heavy (non-hydrogen) atoms. The smallest absolute Gasteiger partial charge is 0.354 e. The molecule has 0 saturated heterocycles. The van der Waals surface area contributed by atoms with Crippen LogP contribution in [0.2, 0.25) is 0 Å². The maximum atomic E-state index is 11.6. The van der Waals surface area contributed by atoms with Crippen LogP contribution >= 0.6 is 0 Å². The molecule has 0 aliphatic rings. The van der Waals surface area contributed by atoms with Crippen molar-refractivity contribution in [1.82, 2.24) is 9.97 Å². The van der Waals surface area contributed by atoms with Crippen molar-refractivity contribution in [1.29, 1.82) is 0 Å². The summed E-state index contributed by atoms with van der Waals surface area (Å²) in [6.07, 6.45) is 0.982. The second-order valence-electron chi connectivity index (χ2n) is 4.04. The number of methoxy groups -OCH3 is 2. The Morgan fingerprint density at radius 3 is 2.52 bits per heavy atom. The van der Waals surface area contributed by atoms with Crippen LogP contribution in [0.15, 0.2) is 34.8 Å². The van der Waals surface area contributed by atoms with Gasteiger partial charge in [0.2, 0.25) is 0 Å². The highest BCUT2D eigenvalue weighted by molar-refractivity contribution is 5.99. The van der Waals surface area contributed by atoms with E-state index >= 15 is 0 Å². The van der Waals surface area contributed by atoms with Crippen LogP contribution in [0, 0.1) is 0 Å². The number of imidazole rings is 1. The summed E-state index contributed by atoms with van der Waals surface area (Å²) in [6.45, 7) is 0. The van der Waals surface area contributed by atoms with Gasteiger partial charge in [0.1, 0.15) is 5.70 Å². The summed E-state index contributed by atoms with van der Waals surface area (Å²) < 4.78 is 9.05. The third-order valence-electron chi connectivity index (χ3n) is 2.66. The van der Waals surface area contributed by atoms with E-state index in [1.54, 1.807) is 18.2 Å². The number of aromatic amines is 2. The molecule has 8 nitrogen and oxygen atoms in total. The van der Waals surface area contributed by atoms with E-state index in [2.05, 4.69) is 24.8 Å². The van der Waals surface area contributed by atoms with Gasteiger partial charge in [-0.3, -0.25) is 0 Å². The fourth-order valence-corrected chi connectivity index (χ4v) is 1.70. The Labute approximate surface area is 118 Å². The number of fused-ring (bicyclic) bond motifs is 1. The number of carbonyl (C=O) groups excluding carboxylic acids is 2. The summed E-state index contributed by atoms with van der Waals surface area (Å²) in [5.74, 6) is -1.41. The predicted molar refractivity (Wildman–Crippen MR) is 74.7 cm³/mol. The van der Waals surface area contributed by atoms with Gasteiger partial charge in [0, 0.05) is 5.69 Å². The van der Waals surface area contributed by atoms with Crippen molar-refractivity contribution in [2.75, 3.05) is 19.5 Å². The first-order valence-corrected chi connectivity index (χ1v) is 5.90. The summed E-state index contributed by atoms with van der Waals surface area (Å²) in [6, 6.07) is 4.91. The first-order valence-electron chi connectivity index (χ1n) is 5.90. The van der Waals surface area contributed by atoms with E-state index in [0.29, 0.717) is 16.7 Å². The maximum absolute atomic E-state index is 11.6. The highest BCUT2D eigenvalue weighted by Crippen LogP contribution is 2.16. The van der Waals surface area contributed by atoms with Crippen LogP contribution in [0.1, 0.15) is 0 Å². The van der Waals surface area contributed by atoms with Crippen molar-refractivity contribution in [3.05, 3.63) is 40.5 Å². The molecule has 0 bridgehead atoms. The zero-order valence-electron chi connectivity index (χ0n) is 11.4. The maximum Gasteiger partial charge on any atom is 0.354 e. The molecule has 2 rings (SSSR count). The van der Waals surface area contributed by atoms with Crippen molar-refractivity contribution in [2.24, 2.45) is 0 Å².